The van der Waals surface area contributed by atoms with Crippen molar-refractivity contribution in [3.8, 4) is 11.4 Å². The Labute approximate surface area is 129 Å². The lowest BCUT2D eigenvalue weighted by atomic mass is 9.99. The lowest BCUT2D eigenvalue weighted by molar-refractivity contribution is 1.18. The van der Waals surface area contributed by atoms with E-state index in [9.17, 15) is 0 Å². The fraction of sp³-hybridized carbons (Fsp3) is 0.0500. The Morgan fingerprint density at radius 2 is 1.45 bits per heavy atom. The van der Waals surface area contributed by atoms with Crippen LogP contribution in [0.5, 0.6) is 0 Å². The number of hydrogen-bond acceptors (Lipinski definition) is 1. The Kier molecular flexibility index (Phi) is 3.20. The van der Waals surface area contributed by atoms with Gasteiger partial charge in [-0.1, -0.05) is 66.7 Å². The average Bonchev–Trinajstić information content (AvgIpc) is 3.00. The van der Waals surface area contributed by atoms with Crippen LogP contribution >= 0.6 is 0 Å². The van der Waals surface area contributed by atoms with Gasteiger partial charge in [-0.15, -0.1) is 0 Å². The van der Waals surface area contributed by atoms with E-state index in [1.54, 1.807) is 0 Å². The van der Waals surface area contributed by atoms with E-state index in [0.717, 1.165) is 23.3 Å². The van der Waals surface area contributed by atoms with E-state index in [-0.39, 0.29) is 0 Å². The highest BCUT2D eigenvalue weighted by atomic mass is 14.9. The zero-order valence-corrected chi connectivity index (χ0v) is 12.2. The Morgan fingerprint density at radius 3 is 2.32 bits per heavy atom. The second-order valence-corrected chi connectivity index (χ2v) is 5.42. The van der Waals surface area contributed by atoms with Crippen LogP contribution in [0.1, 0.15) is 11.1 Å². The number of nitrogens with one attached hydrogen (secondary N) is 1. The van der Waals surface area contributed by atoms with Gasteiger partial charge in [-0.05, 0) is 29.7 Å². The monoisotopic (exact) mass is 284 g/mol. The number of fused-ring (bicyclic) bond motifs is 1. The number of nitrogens with zero attached hydrogens (tertiary/aromatic N) is 1. The van der Waals surface area contributed by atoms with Crippen molar-refractivity contribution < 1.29 is 0 Å². The van der Waals surface area contributed by atoms with Crippen LogP contribution in [0, 0.1) is 0 Å². The number of para-hydroxylation sites is 2. The van der Waals surface area contributed by atoms with E-state index >= 15 is 0 Å². The van der Waals surface area contributed by atoms with Crippen LogP contribution in [0.4, 0.5) is 0 Å². The molecule has 0 saturated carbocycles. The molecule has 0 bridgehead atoms. The fourth-order valence-electron chi connectivity index (χ4n) is 2.80. The number of H-pyrrole nitrogens is 1. The van der Waals surface area contributed by atoms with Crippen LogP contribution in [0.2, 0.25) is 0 Å². The highest BCUT2D eigenvalue weighted by Gasteiger charge is 2.09. The van der Waals surface area contributed by atoms with Gasteiger partial charge < -0.3 is 4.98 Å². The largest absolute Gasteiger partial charge is 0.338 e. The highest BCUT2D eigenvalue weighted by molar-refractivity contribution is 5.79. The minimum Gasteiger partial charge on any atom is -0.338 e. The predicted octanol–water partition coefficient (Wildman–Crippen LogP) is 4.82. The molecule has 0 aliphatic carbocycles. The molecule has 22 heavy (non-hydrogen) atoms. The zero-order chi connectivity index (χ0) is 14.8. The molecule has 0 atom stereocenters. The molecule has 0 aliphatic rings. The number of imidazole rings is 1. The van der Waals surface area contributed by atoms with Gasteiger partial charge in [0.05, 0.1) is 11.0 Å². The minimum absolute atomic E-state index is 0.911. The highest BCUT2D eigenvalue weighted by Crippen LogP contribution is 2.25. The molecule has 2 heteroatoms. The molecule has 2 nitrogen and oxygen atoms in total. The van der Waals surface area contributed by atoms with Crippen LogP contribution in [-0.2, 0) is 6.42 Å². The van der Waals surface area contributed by atoms with Crippen molar-refractivity contribution in [1.82, 2.24) is 9.97 Å². The Morgan fingerprint density at radius 1 is 0.727 bits per heavy atom. The van der Waals surface area contributed by atoms with E-state index in [2.05, 4.69) is 65.6 Å². The van der Waals surface area contributed by atoms with Gasteiger partial charge in [0.25, 0.3) is 0 Å². The summed E-state index contributed by atoms with van der Waals surface area (Å²) in [6.45, 7) is 0. The maximum Gasteiger partial charge on any atom is 0.138 e. The normalized spacial score (nSPS) is 10.9. The third-order valence-corrected chi connectivity index (χ3v) is 3.90. The van der Waals surface area contributed by atoms with Crippen molar-refractivity contribution in [1.29, 1.82) is 0 Å². The number of aromatic amines is 1. The number of rotatable bonds is 3. The molecule has 4 aromatic rings. The van der Waals surface area contributed by atoms with Crippen LogP contribution in [0.3, 0.4) is 0 Å². The summed E-state index contributed by atoms with van der Waals surface area (Å²) >= 11 is 0. The molecular formula is C20H16N2. The molecule has 1 heterocycles. The van der Waals surface area contributed by atoms with Crippen molar-refractivity contribution >= 4 is 11.0 Å². The lowest BCUT2D eigenvalue weighted by Gasteiger charge is -2.07. The summed E-state index contributed by atoms with van der Waals surface area (Å²) in [5.41, 5.74) is 5.85. The van der Waals surface area contributed by atoms with Gasteiger partial charge >= 0.3 is 0 Å². The summed E-state index contributed by atoms with van der Waals surface area (Å²) in [6.07, 6.45) is 0.911. The van der Waals surface area contributed by atoms with Crippen molar-refractivity contribution in [2.24, 2.45) is 0 Å². The number of aromatic nitrogens is 2. The van der Waals surface area contributed by atoms with Crippen molar-refractivity contribution in [2.45, 2.75) is 6.42 Å². The SMILES string of the molecule is c1ccc(Cc2ccccc2-c2nc3ccccc3[nH]2)cc1. The summed E-state index contributed by atoms with van der Waals surface area (Å²) in [5, 5.41) is 0. The lowest BCUT2D eigenvalue weighted by Crippen LogP contribution is -1.93. The van der Waals surface area contributed by atoms with Crippen molar-refractivity contribution in [2.75, 3.05) is 0 Å². The summed E-state index contributed by atoms with van der Waals surface area (Å²) in [7, 11) is 0. The quantitative estimate of drug-likeness (QED) is 0.574. The first-order chi connectivity index (χ1) is 10.9. The second-order valence-electron chi connectivity index (χ2n) is 5.42. The van der Waals surface area contributed by atoms with Gasteiger partial charge in [-0.25, -0.2) is 4.98 Å². The van der Waals surface area contributed by atoms with E-state index in [0.29, 0.717) is 0 Å². The standard InChI is InChI=1S/C20H16N2/c1-2-8-15(9-3-1)14-16-10-4-5-11-17(16)20-21-18-12-6-7-13-19(18)22-20/h1-13H,14H2,(H,21,22). The molecule has 106 valence electrons. The molecular weight excluding hydrogens is 268 g/mol. The molecule has 1 aromatic heterocycles. The number of benzene rings is 3. The molecule has 4 rings (SSSR count). The van der Waals surface area contributed by atoms with Crippen LogP contribution in [-0.4, -0.2) is 9.97 Å². The average molecular weight is 284 g/mol. The molecule has 0 aliphatic heterocycles. The minimum atomic E-state index is 0.911. The molecule has 0 radical (unpaired) electrons. The smallest absolute Gasteiger partial charge is 0.138 e. The summed E-state index contributed by atoms with van der Waals surface area (Å²) < 4.78 is 0. The van der Waals surface area contributed by atoms with Gasteiger partial charge in [0.1, 0.15) is 5.82 Å². The van der Waals surface area contributed by atoms with Crippen LogP contribution in [0.15, 0.2) is 78.9 Å². The summed E-state index contributed by atoms with van der Waals surface area (Å²) in [5.74, 6) is 0.938. The summed E-state index contributed by atoms with van der Waals surface area (Å²) in [4.78, 5) is 8.16. The Balaban J connectivity index is 1.78. The second kappa shape index (κ2) is 5.49. The van der Waals surface area contributed by atoms with E-state index in [1.165, 1.54) is 16.7 Å². The topological polar surface area (TPSA) is 28.7 Å². The maximum absolute atomic E-state index is 4.73. The first-order valence-corrected chi connectivity index (χ1v) is 7.47. The van der Waals surface area contributed by atoms with Crippen molar-refractivity contribution in [3.63, 3.8) is 0 Å². The van der Waals surface area contributed by atoms with Crippen LogP contribution in [0.25, 0.3) is 22.4 Å². The fourth-order valence-corrected chi connectivity index (χ4v) is 2.80. The first-order valence-electron chi connectivity index (χ1n) is 7.47. The zero-order valence-electron chi connectivity index (χ0n) is 12.2. The Hall–Kier alpha value is -2.87. The third-order valence-electron chi connectivity index (χ3n) is 3.90. The van der Waals surface area contributed by atoms with E-state index in [1.807, 2.05) is 18.2 Å². The third kappa shape index (κ3) is 2.40. The summed E-state index contributed by atoms with van der Waals surface area (Å²) in [6, 6.07) is 27.1. The van der Waals surface area contributed by atoms with Gasteiger partial charge in [0.15, 0.2) is 0 Å². The van der Waals surface area contributed by atoms with E-state index in [4.69, 9.17) is 4.98 Å². The molecule has 3 aromatic carbocycles. The Bertz CT molecular complexity index is 874. The van der Waals surface area contributed by atoms with Crippen LogP contribution < -0.4 is 0 Å². The van der Waals surface area contributed by atoms with Gasteiger partial charge in [-0.2, -0.15) is 0 Å². The van der Waals surface area contributed by atoms with E-state index < -0.39 is 0 Å². The molecule has 0 amide bonds. The van der Waals surface area contributed by atoms with Gasteiger partial charge in [-0.3, -0.25) is 0 Å². The molecule has 1 N–H and O–H groups in total. The first kappa shape index (κ1) is 12.8. The van der Waals surface area contributed by atoms with Gasteiger partial charge in [0.2, 0.25) is 0 Å². The number of hydrogen-bond donors (Lipinski definition) is 1. The van der Waals surface area contributed by atoms with Crippen molar-refractivity contribution in [3.05, 3.63) is 90.0 Å². The molecule has 0 unspecified atom stereocenters. The predicted molar refractivity (Wildman–Crippen MR) is 90.8 cm³/mol. The molecule has 0 spiro atoms. The maximum atomic E-state index is 4.73. The van der Waals surface area contributed by atoms with Gasteiger partial charge in [0, 0.05) is 5.56 Å². The molecule has 0 fully saturated rings. The molecule has 0 saturated heterocycles.